The summed E-state index contributed by atoms with van der Waals surface area (Å²) in [5.74, 6) is -0.937. The molecule has 3 amide bonds. The van der Waals surface area contributed by atoms with E-state index in [1.807, 2.05) is 13.8 Å². The topological polar surface area (TPSA) is 102 Å². The van der Waals surface area contributed by atoms with Gasteiger partial charge in [-0.05, 0) is 31.6 Å². The maximum absolute atomic E-state index is 12.1. The number of ketones is 1. The zero-order valence-electron chi connectivity index (χ0n) is 14.3. The van der Waals surface area contributed by atoms with Crippen LogP contribution in [-0.2, 0) is 19.1 Å². The smallest absolute Gasteiger partial charge is 0.321 e. The number of carbonyl (C=O) groups is 4. The maximum atomic E-state index is 12.1. The van der Waals surface area contributed by atoms with Crippen LogP contribution in [0.25, 0.3) is 0 Å². The molecule has 0 heterocycles. The second kappa shape index (κ2) is 8.26. The molecule has 2 aliphatic rings. The van der Waals surface area contributed by atoms with Crippen LogP contribution in [0.1, 0.15) is 46.0 Å². The van der Waals surface area contributed by atoms with Gasteiger partial charge in [-0.15, -0.1) is 0 Å². The highest BCUT2D eigenvalue weighted by Crippen LogP contribution is 2.40. The minimum absolute atomic E-state index is 0.0364. The summed E-state index contributed by atoms with van der Waals surface area (Å²) in [6.07, 6.45) is 3.76. The molecule has 3 atom stereocenters. The molecule has 0 aliphatic heterocycles. The minimum Gasteiger partial charge on any atom is -0.455 e. The van der Waals surface area contributed by atoms with Crippen LogP contribution in [-0.4, -0.2) is 36.8 Å². The zero-order chi connectivity index (χ0) is 17.7. The molecule has 7 heteroatoms. The Morgan fingerprint density at radius 3 is 2.38 bits per heavy atom. The van der Waals surface area contributed by atoms with E-state index >= 15 is 0 Å². The molecule has 1 unspecified atom stereocenters. The average Bonchev–Trinajstić information content (AvgIpc) is 2.50. The second-order valence-electron chi connectivity index (χ2n) is 7.16. The van der Waals surface area contributed by atoms with Crippen molar-refractivity contribution in [3.63, 3.8) is 0 Å². The first-order valence-corrected chi connectivity index (χ1v) is 8.64. The monoisotopic (exact) mass is 338 g/mol. The molecule has 0 saturated heterocycles. The SMILES string of the molecule is CC(C)CNC(=O)NC(=O)COC(=O)C1C[C@H]2CCC[C@@H](C1)C2=O. The van der Waals surface area contributed by atoms with E-state index in [-0.39, 0.29) is 29.5 Å². The molecule has 2 rings (SSSR count). The molecule has 2 N–H and O–H groups in total. The largest absolute Gasteiger partial charge is 0.455 e. The van der Waals surface area contributed by atoms with Gasteiger partial charge < -0.3 is 10.1 Å². The summed E-state index contributed by atoms with van der Waals surface area (Å²) < 4.78 is 5.03. The van der Waals surface area contributed by atoms with Gasteiger partial charge in [0, 0.05) is 18.4 Å². The number of amides is 3. The Balaban J connectivity index is 1.72. The van der Waals surface area contributed by atoms with Crippen LogP contribution < -0.4 is 10.6 Å². The molecule has 2 bridgehead atoms. The van der Waals surface area contributed by atoms with Crippen molar-refractivity contribution in [2.75, 3.05) is 13.2 Å². The molecule has 2 saturated carbocycles. The van der Waals surface area contributed by atoms with Gasteiger partial charge in [0.05, 0.1) is 5.92 Å². The third-order valence-electron chi connectivity index (χ3n) is 4.65. The molecule has 0 aromatic heterocycles. The van der Waals surface area contributed by atoms with Crippen LogP contribution in [0.15, 0.2) is 0 Å². The molecule has 0 aromatic carbocycles. The lowest BCUT2D eigenvalue weighted by molar-refractivity contribution is -0.156. The van der Waals surface area contributed by atoms with Crippen LogP contribution in [0, 0.1) is 23.7 Å². The number of urea groups is 1. The third-order valence-corrected chi connectivity index (χ3v) is 4.65. The fourth-order valence-corrected chi connectivity index (χ4v) is 3.43. The van der Waals surface area contributed by atoms with Crippen LogP contribution in [0.5, 0.6) is 0 Å². The average molecular weight is 338 g/mol. The van der Waals surface area contributed by atoms with Crippen molar-refractivity contribution in [3.8, 4) is 0 Å². The third kappa shape index (κ3) is 5.04. The second-order valence-corrected chi connectivity index (χ2v) is 7.16. The predicted octanol–water partition coefficient (Wildman–Crippen LogP) is 1.41. The normalized spacial score (nSPS) is 26.0. The number of hydrogen-bond acceptors (Lipinski definition) is 5. The molecule has 2 aliphatic carbocycles. The van der Waals surface area contributed by atoms with E-state index in [0.717, 1.165) is 19.3 Å². The molecular weight excluding hydrogens is 312 g/mol. The summed E-state index contributed by atoms with van der Waals surface area (Å²) in [4.78, 5) is 47.2. The van der Waals surface area contributed by atoms with Crippen molar-refractivity contribution in [2.24, 2.45) is 23.7 Å². The molecule has 0 aromatic rings. The minimum atomic E-state index is -0.656. The van der Waals surface area contributed by atoms with Gasteiger partial charge in [-0.2, -0.15) is 0 Å². The predicted molar refractivity (Wildman–Crippen MR) is 85.9 cm³/mol. The van der Waals surface area contributed by atoms with Gasteiger partial charge in [0.25, 0.3) is 5.91 Å². The highest BCUT2D eigenvalue weighted by Gasteiger charge is 2.41. The quantitative estimate of drug-likeness (QED) is 0.738. The Morgan fingerprint density at radius 1 is 1.17 bits per heavy atom. The van der Waals surface area contributed by atoms with E-state index in [1.54, 1.807) is 0 Å². The van der Waals surface area contributed by atoms with Crippen molar-refractivity contribution in [2.45, 2.75) is 46.0 Å². The maximum Gasteiger partial charge on any atom is 0.321 e. The van der Waals surface area contributed by atoms with E-state index in [1.165, 1.54) is 0 Å². The lowest BCUT2D eigenvalue weighted by atomic mass is 9.67. The highest BCUT2D eigenvalue weighted by atomic mass is 16.5. The fourth-order valence-electron chi connectivity index (χ4n) is 3.43. The molecule has 0 spiro atoms. The summed E-state index contributed by atoms with van der Waals surface area (Å²) in [6, 6.07) is -0.595. The first-order valence-electron chi connectivity index (χ1n) is 8.64. The number of esters is 1. The number of hydrogen-bond donors (Lipinski definition) is 2. The van der Waals surface area contributed by atoms with E-state index in [2.05, 4.69) is 10.6 Å². The highest BCUT2D eigenvalue weighted by molar-refractivity contribution is 5.95. The van der Waals surface area contributed by atoms with Crippen molar-refractivity contribution in [1.29, 1.82) is 0 Å². The van der Waals surface area contributed by atoms with E-state index in [9.17, 15) is 19.2 Å². The van der Waals surface area contributed by atoms with Gasteiger partial charge in [0.2, 0.25) is 0 Å². The van der Waals surface area contributed by atoms with Crippen molar-refractivity contribution in [1.82, 2.24) is 10.6 Å². The Morgan fingerprint density at radius 2 is 1.79 bits per heavy atom. The number of Topliss-reactive ketones (excluding diaryl/α,β-unsaturated/α-hetero) is 1. The zero-order valence-corrected chi connectivity index (χ0v) is 14.3. The van der Waals surface area contributed by atoms with Crippen molar-refractivity contribution in [3.05, 3.63) is 0 Å². The van der Waals surface area contributed by atoms with Crippen LogP contribution >= 0.6 is 0 Å². The number of nitrogens with one attached hydrogen (secondary N) is 2. The Labute approximate surface area is 141 Å². The number of carbonyl (C=O) groups excluding carboxylic acids is 4. The van der Waals surface area contributed by atoms with Crippen LogP contribution in [0.2, 0.25) is 0 Å². The van der Waals surface area contributed by atoms with E-state index in [4.69, 9.17) is 4.74 Å². The summed E-state index contributed by atoms with van der Waals surface area (Å²) in [6.45, 7) is 3.85. The summed E-state index contributed by atoms with van der Waals surface area (Å²) in [7, 11) is 0. The Bertz CT molecular complexity index is 501. The van der Waals surface area contributed by atoms with Crippen molar-refractivity contribution >= 4 is 23.7 Å². The number of imide groups is 1. The Hall–Kier alpha value is -1.92. The molecule has 7 nitrogen and oxygen atoms in total. The van der Waals surface area contributed by atoms with Crippen LogP contribution in [0.3, 0.4) is 0 Å². The summed E-state index contributed by atoms with van der Waals surface area (Å²) in [5, 5.41) is 4.67. The fraction of sp³-hybridized carbons (Fsp3) is 0.765. The van der Waals surface area contributed by atoms with Gasteiger partial charge >= 0.3 is 12.0 Å². The number of ether oxygens (including phenoxy) is 1. The van der Waals surface area contributed by atoms with Gasteiger partial charge in [-0.25, -0.2) is 4.79 Å². The van der Waals surface area contributed by atoms with Gasteiger partial charge in [0.1, 0.15) is 5.78 Å². The molecule has 0 radical (unpaired) electrons. The Kier molecular flexibility index (Phi) is 6.34. The van der Waals surface area contributed by atoms with E-state index < -0.39 is 24.5 Å². The van der Waals surface area contributed by atoms with Gasteiger partial charge in [-0.1, -0.05) is 20.3 Å². The lowest BCUT2D eigenvalue weighted by Crippen LogP contribution is -2.43. The molecule has 2 fully saturated rings. The van der Waals surface area contributed by atoms with Crippen molar-refractivity contribution < 1.29 is 23.9 Å². The molecule has 24 heavy (non-hydrogen) atoms. The number of fused-ring (bicyclic) bond motifs is 2. The van der Waals surface area contributed by atoms with Gasteiger partial charge in [-0.3, -0.25) is 19.7 Å². The lowest BCUT2D eigenvalue weighted by Gasteiger charge is -2.36. The number of rotatable bonds is 5. The first-order chi connectivity index (χ1) is 11.4. The molecule has 134 valence electrons. The summed E-state index contributed by atoms with van der Waals surface area (Å²) in [5.41, 5.74) is 0. The molecular formula is C17H26N2O5. The summed E-state index contributed by atoms with van der Waals surface area (Å²) >= 11 is 0. The standard InChI is InChI=1S/C17H26N2O5/c1-10(2)8-18-17(23)19-14(20)9-24-16(22)13-6-11-4-3-5-12(7-13)15(11)21/h10-13H,3-9H2,1-2H3,(H2,18,19,20,23)/t11-,12+,13?. The first kappa shape index (κ1) is 18.4. The van der Waals surface area contributed by atoms with Gasteiger partial charge in [0.15, 0.2) is 6.61 Å². The van der Waals surface area contributed by atoms with Crippen LogP contribution in [0.4, 0.5) is 4.79 Å². The van der Waals surface area contributed by atoms with E-state index in [0.29, 0.717) is 19.4 Å².